The highest BCUT2D eigenvalue weighted by Crippen LogP contribution is 2.18. The number of benzene rings is 1. The number of amides is 1. The van der Waals surface area contributed by atoms with Crippen LogP contribution in [0.15, 0.2) is 30.6 Å². The zero-order chi connectivity index (χ0) is 13.7. The van der Waals surface area contributed by atoms with Crippen molar-refractivity contribution in [2.45, 2.75) is 19.8 Å². The first-order valence-corrected chi connectivity index (χ1v) is 6.58. The average molecular weight is 278 g/mol. The molecule has 0 unspecified atom stereocenters. The Morgan fingerprint density at radius 2 is 2.32 bits per heavy atom. The van der Waals surface area contributed by atoms with E-state index in [0.717, 1.165) is 24.2 Å². The number of hydrogen-bond donors (Lipinski definition) is 2. The lowest BCUT2D eigenvalue weighted by Crippen LogP contribution is -2.25. The number of hydrogen-bond acceptors (Lipinski definition) is 2. The SMILES string of the molecule is Cc1c(Cl)cccc1C(=O)NCCCc1ncc[nH]1. The van der Waals surface area contributed by atoms with E-state index >= 15 is 0 Å². The van der Waals surface area contributed by atoms with Crippen LogP contribution in [0.2, 0.25) is 5.02 Å². The molecule has 2 N–H and O–H groups in total. The van der Waals surface area contributed by atoms with E-state index < -0.39 is 0 Å². The van der Waals surface area contributed by atoms with Crippen molar-refractivity contribution in [1.29, 1.82) is 0 Å². The summed E-state index contributed by atoms with van der Waals surface area (Å²) in [6.07, 6.45) is 5.19. The van der Waals surface area contributed by atoms with Crippen LogP contribution < -0.4 is 5.32 Å². The fourth-order valence-corrected chi connectivity index (χ4v) is 2.02. The summed E-state index contributed by atoms with van der Waals surface area (Å²) in [5.41, 5.74) is 1.44. The maximum Gasteiger partial charge on any atom is 0.251 e. The highest BCUT2D eigenvalue weighted by Gasteiger charge is 2.09. The van der Waals surface area contributed by atoms with Crippen molar-refractivity contribution < 1.29 is 4.79 Å². The van der Waals surface area contributed by atoms with E-state index in [1.807, 2.05) is 6.92 Å². The maximum atomic E-state index is 12.0. The molecule has 1 amide bonds. The molecule has 19 heavy (non-hydrogen) atoms. The first kappa shape index (κ1) is 13.6. The number of aryl methyl sites for hydroxylation is 1. The van der Waals surface area contributed by atoms with Gasteiger partial charge in [-0.05, 0) is 31.0 Å². The number of halogens is 1. The van der Waals surface area contributed by atoms with Crippen molar-refractivity contribution in [3.63, 3.8) is 0 Å². The van der Waals surface area contributed by atoms with Crippen molar-refractivity contribution >= 4 is 17.5 Å². The third kappa shape index (κ3) is 3.58. The highest BCUT2D eigenvalue weighted by atomic mass is 35.5. The van der Waals surface area contributed by atoms with Crippen LogP contribution in [0.5, 0.6) is 0 Å². The lowest BCUT2D eigenvalue weighted by molar-refractivity contribution is 0.0952. The van der Waals surface area contributed by atoms with Crippen molar-refractivity contribution in [2.24, 2.45) is 0 Å². The summed E-state index contributed by atoms with van der Waals surface area (Å²) in [6.45, 7) is 2.46. The van der Waals surface area contributed by atoms with E-state index in [1.165, 1.54) is 0 Å². The van der Waals surface area contributed by atoms with Crippen LogP contribution in [0.4, 0.5) is 0 Å². The lowest BCUT2D eigenvalue weighted by atomic mass is 10.1. The topological polar surface area (TPSA) is 57.8 Å². The van der Waals surface area contributed by atoms with Crippen LogP contribution in [-0.2, 0) is 6.42 Å². The van der Waals surface area contributed by atoms with Gasteiger partial charge in [-0.2, -0.15) is 0 Å². The molecule has 0 radical (unpaired) electrons. The fourth-order valence-electron chi connectivity index (χ4n) is 1.84. The van der Waals surface area contributed by atoms with Gasteiger partial charge < -0.3 is 10.3 Å². The smallest absolute Gasteiger partial charge is 0.251 e. The predicted molar refractivity (Wildman–Crippen MR) is 75.4 cm³/mol. The summed E-state index contributed by atoms with van der Waals surface area (Å²) >= 11 is 5.99. The molecule has 1 aromatic heterocycles. The van der Waals surface area contributed by atoms with Gasteiger partial charge in [0.2, 0.25) is 0 Å². The number of H-pyrrole nitrogens is 1. The minimum Gasteiger partial charge on any atom is -0.352 e. The van der Waals surface area contributed by atoms with Gasteiger partial charge in [-0.25, -0.2) is 4.98 Å². The minimum absolute atomic E-state index is 0.0838. The first-order valence-electron chi connectivity index (χ1n) is 6.20. The fraction of sp³-hybridized carbons (Fsp3) is 0.286. The zero-order valence-electron chi connectivity index (χ0n) is 10.7. The zero-order valence-corrected chi connectivity index (χ0v) is 11.5. The highest BCUT2D eigenvalue weighted by molar-refractivity contribution is 6.31. The molecule has 2 aromatic rings. The second-order valence-electron chi connectivity index (χ2n) is 4.31. The second kappa shape index (κ2) is 6.38. The third-order valence-corrected chi connectivity index (χ3v) is 3.35. The van der Waals surface area contributed by atoms with Crippen LogP contribution in [0.1, 0.15) is 28.2 Å². The third-order valence-electron chi connectivity index (χ3n) is 2.94. The first-order chi connectivity index (χ1) is 9.18. The Labute approximate surface area is 117 Å². The molecule has 4 nitrogen and oxygen atoms in total. The van der Waals surface area contributed by atoms with Gasteiger partial charge in [0.05, 0.1) is 0 Å². The predicted octanol–water partition coefficient (Wildman–Crippen LogP) is 2.73. The van der Waals surface area contributed by atoms with Gasteiger partial charge in [0.1, 0.15) is 5.82 Å². The van der Waals surface area contributed by atoms with Gasteiger partial charge in [-0.3, -0.25) is 4.79 Å². The van der Waals surface area contributed by atoms with Gasteiger partial charge in [-0.1, -0.05) is 17.7 Å². The normalized spacial score (nSPS) is 10.4. The summed E-state index contributed by atoms with van der Waals surface area (Å²) in [7, 11) is 0. The number of rotatable bonds is 5. The lowest BCUT2D eigenvalue weighted by Gasteiger charge is -2.08. The largest absolute Gasteiger partial charge is 0.352 e. The van der Waals surface area contributed by atoms with E-state index in [1.54, 1.807) is 30.6 Å². The average Bonchev–Trinajstić information content (AvgIpc) is 2.91. The van der Waals surface area contributed by atoms with Crippen LogP contribution >= 0.6 is 11.6 Å². The molecule has 0 aliphatic heterocycles. The molecule has 0 saturated heterocycles. The Kier molecular flexibility index (Phi) is 4.58. The van der Waals surface area contributed by atoms with E-state index in [2.05, 4.69) is 15.3 Å². The summed E-state index contributed by atoms with van der Waals surface area (Å²) in [6, 6.07) is 5.35. The Morgan fingerprint density at radius 3 is 3.05 bits per heavy atom. The molecule has 0 atom stereocenters. The van der Waals surface area contributed by atoms with Gasteiger partial charge in [-0.15, -0.1) is 0 Å². The van der Waals surface area contributed by atoms with Gasteiger partial charge >= 0.3 is 0 Å². The number of nitrogens with zero attached hydrogens (tertiary/aromatic N) is 1. The molecule has 0 saturated carbocycles. The molecule has 0 bridgehead atoms. The standard InChI is InChI=1S/C14H16ClN3O/c1-10-11(4-2-5-12(10)15)14(19)18-7-3-6-13-16-8-9-17-13/h2,4-5,8-9H,3,6-7H2,1H3,(H,16,17)(H,18,19). The Morgan fingerprint density at radius 1 is 1.47 bits per heavy atom. The molecular formula is C14H16ClN3O. The van der Waals surface area contributed by atoms with Crippen molar-refractivity contribution in [1.82, 2.24) is 15.3 Å². The molecule has 0 fully saturated rings. The number of aromatic amines is 1. The van der Waals surface area contributed by atoms with Crippen LogP contribution in [0, 0.1) is 6.92 Å². The van der Waals surface area contributed by atoms with Gasteiger partial charge in [0, 0.05) is 35.9 Å². The second-order valence-corrected chi connectivity index (χ2v) is 4.71. The molecule has 1 heterocycles. The molecule has 0 spiro atoms. The van der Waals surface area contributed by atoms with Crippen molar-refractivity contribution in [3.05, 3.63) is 52.6 Å². The summed E-state index contributed by atoms with van der Waals surface area (Å²) in [4.78, 5) is 19.1. The van der Waals surface area contributed by atoms with Crippen LogP contribution in [0.25, 0.3) is 0 Å². The molecule has 100 valence electrons. The Balaban J connectivity index is 1.83. The van der Waals surface area contributed by atoms with Crippen LogP contribution in [0.3, 0.4) is 0 Å². The number of aromatic nitrogens is 2. The summed E-state index contributed by atoms with van der Waals surface area (Å²) in [5.74, 6) is 0.854. The number of carbonyl (C=O) groups is 1. The molecule has 5 heteroatoms. The molecule has 0 aliphatic carbocycles. The van der Waals surface area contributed by atoms with E-state index in [9.17, 15) is 4.79 Å². The van der Waals surface area contributed by atoms with Crippen molar-refractivity contribution in [2.75, 3.05) is 6.54 Å². The molecule has 1 aromatic carbocycles. The quantitative estimate of drug-likeness (QED) is 0.826. The van der Waals surface area contributed by atoms with E-state index in [-0.39, 0.29) is 5.91 Å². The Hall–Kier alpha value is -1.81. The minimum atomic E-state index is -0.0838. The number of carbonyl (C=O) groups excluding carboxylic acids is 1. The van der Waals surface area contributed by atoms with Crippen molar-refractivity contribution in [3.8, 4) is 0 Å². The monoisotopic (exact) mass is 277 g/mol. The Bertz CT molecular complexity index is 552. The van der Waals surface area contributed by atoms with Crippen LogP contribution in [-0.4, -0.2) is 22.4 Å². The number of nitrogens with one attached hydrogen (secondary N) is 2. The molecular weight excluding hydrogens is 262 g/mol. The number of imidazole rings is 1. The summed E-state index contributed by atoms with van der Waals surface area (Å²) < 4.78 is 0. The van der Waals surface area contributed by atoms with E-state index in [0.29, 0.717) is 17.1 Å². The van der Waals surface area contributed by atoms with E-state index in [4.69, 9.17) is 11.6 Å². The maximum absolute atomic E-state index is 12.0. The summed E-state index contributed by atoms with van der Waals surface area (Å²) in [5, 5.41) is 3.50. The van der Waals surface area contributed by atoms with Gasteiger partial charge in [0.25, 0.3) is 5.91 Å². The molecule has 0 aliphatic rings. The van der Waals surface area contributed by atoms with Gasteiger partial charge in [0.15, 0.2) is 0 Å². The molecule has 2 rings (SSSR count).